The van der Waals surface area contributed by atoms with Crippen molar-refractivity contribution in [2.24, 2.45) is 0 Å². The van der Waals surface area contributed by atoms with Gasteiger partial charge in [0, 0.05) is 6.42 Å². The van der Waals surface area contributed by atoms with Crippen LogP contribution in [0.25, 0.3) is 0 Å². The van der Waals surface area contributed by atoms with Crippen molar-refractivity contribution in [1.82, 2.24) is 9.55 Å². The van der Waals surface area contributed by atoms with Crippen LogP contribution in [0, 0.1) is 5.82 Å². The first-order valence-corrected chi connectivity index (χ1v) is 13.3. The molecule has 3 atom stereocenters. The third-order valence-corrected chi connectivity index (χ3v) is 7.62. The first-order valence-electron chi connectivity index (χ1n) is 13.3. The number of nitrogens with two attached hydrogens (primary N) is 1. The lowest BCUT2D eigenvalue weighted by Gasteiger charge is -2.39. The highest BCUT2D eigenvalue weighted by molar-refractivity contribution is 5.49. The zero-order chi connectivity index (χ0) is 29.9. The Morgan fingerprint density at radius 1 is 1.05 bits per heavy atom. The van der Waals surface area contributed by atoms with Crippen molar-refractivity contribution in [2.45, 2.75) is 30.0 Å². The maximum absolute atomic E-state index is 14.2. The largest absolute Gasteiger partial charge is 0.497 e. The van der Waals surface area contributed by atoms with E-state index in [9.17, 15) is 14.3 Å². The smallest absolute Gasteiger partial charge is 0.351 e. The number of aromatic nitrogens is 2. The van der Waals surface area contributed by atoms with Gasteiger partial charge in [0.15, 0.2) is 11.6 Å². The molecule has 0 amide bonds. The quantitative estimate of drug-likeness (QED) is 0.214. The topological polar surface area (TPSA) is 118 Å². The summed E-state index contributed by atoms with van der Waals surface area (Å²) in [6.45, 7) is 3.74. The molecule has 3 aromatic carbocycles. The Labute approximate surface area is 242 Å². The fraction of sp³-hybridized carbons (Fsp3) is 0.250. The van der Waals surface area contributed by atoms with E-state index in [0.29, 0.717) is 11.5 Å². The van der Waals surface area contributed by atoms with Gasteiger partial charge in [-0.2, -0.15) is 4.98 Å². The van der Waals surface area contributed by atoms with Crippen molar-refractivity contribution < 1.29 is 28.4 Å². The van der Waals surface area contributed by atoms with Crippen LogP contribution in [0.4, 0.5) is 10.2 Å². The fourth-order valence-corrected chi connectivity index (χ4v) is 5.27. The van der Waals surface area contributed by atoms with Crippen LogP contribution < -0.4 is 20.9 Å². The molecule has 10 heteroatoms. The number of benzene rings is 3. The lowest BCUT2D eigenvalue weighted by Crippen LogP contribution is -2.46. The van der Waals surface area contributed by atoms with E-state index in [-0.39, 0.29) is 13.0 Å². The summed E-state index contributed by atoms with van der Waals surface area (Å²) in [5.41, 5.74) is 4.37. The molecule has 5 rings (SSSR count). The Morgan fingerprint density at radius 3 is 2.12 bits per heavy atom. The van der Waals surface area contributed by atoms with E-state index in [1.54, 1.807) is 14.2 Å². The fourth-order valence-electron chi connectivity index (χ4n) is 5.27. The summed E-state index contributed by atoms with van der Waals surface area (Å²) >= 11 is 0. The van der Waals surface area contributed by atoms with Gasteiger partial charge in [-0.3, -0.25) is 4.57 Å². The molecule has 0 spiro atoms. The molecule has 2 heterocycles. The standard InChI is InChI=1S/C32H32FN3O6/c1-4-31(27(37)18-28(42-31)36-19-26(33)29(34)35-30(36)38)20-41-32(21-8-6-5-7-9-21,22-10-14-24(39-2)15-11-22)23-12-16-25(40-3)17-13-23/h4-17,19,27-28,37H,1,18,20H2,2-3H3,(H2,34,35,38)/t27-,28+,31+/m0/s1. The number of nitrogens with zero attached hydrogens (tertiary/aromatic N) is 2. The van der Waals surface area contributed by atoms with Crippen molar-refractivity contribution in [1.29, 1.82) is 0 Å². The van der Waals surface area contributed by atoms with Gasteiger partial charge in [-0.05, 0) is 41.0 Å². The van der Waals surface area contributed by atoms with E-state index >= 15 is 0 Å². The molecule has 1 aliphatic rings. The summed E-state index contributed by atoms with van der Waals surface area (Å²) in [5.74, 6) is -0.0442. The molecule has 1 saturated heterocycles. The van der Waals surface area contributed by atoms with Gasteiger partial charge in [-0.25, -0.2) is 9.18 Å². The molecule has 0 saturated carbocycles. The summed E-state index contributed by atoms with van der Waals surface area (Å²) in [7, 11) is 3.19. The summed E-state index contributed by atoms with van der Waals surface area (Å²) in [6.07, 6.45) is 0.147. The molecule has 218 valence electrons. The van der Waals surface area contributed by atoms with Gasteiger partial charge in [-0.1, -0.05) is 60.7 Å². The summed E-state index contributed by atoms with van der Waals surface area (Å²) < 4.78 is 39.1. The average molecular weight is 574 g/mol. The molecular weight excluding hydrogens is 541 g/mol. The molecule has 0 aliphatic carbocycles. The third kappa shape index (κ3) is 5.16. The molecular formula is C32H32FN3O6. The van der Waals surface area contributed by atoms with E-state index in [2.05, 4.69) is 11.6 Å². The van der Waals surface area contributed by atoms with Crippen molar-refractivity contribution in [3.63, 3.8) is 0 Å². The second-order valence-corrected chi connectivity index (χ2v) is 9.94. The zero-order valence-corrected chi connectivity index (χ0v) is 23.3. The number of methoxy groups -OCH3 is 2. The van der Waals surface area contributed by atoms with Gasteiger partial charge in [0.05, 0.1) is 33.1 Å². The van der Waals surface area contributed by atoms with Crippen LogP contribution in [-0.2, 0) is 15.1 Å². The van der Waals surface area contributed by atoms with Gasteiger partial charge >= 0.3 is 5.69 Å². The van der Waals surface area contributed by atoms with Gasteiger partial charge in [0.2, 0.25) is 0 Å². The molecule has 9 nitrogen and oxygen atoms in total. The molecule has 1 aliphatic heterocycles. The second-order valence-electron chi connectivity index (χ2n) is 9.94. The third-order valence-electron chi connectivity index (χ3n) is 7.62. The van der Waals surface area contributed by atoms with Crippen LogP contribution >= 0.6 is 0 Å². The predicted octanol–water partition coefficient (Wildman–Crippen LogP) is 4.20. The molecule has 0 unspecified atom stereocenters. The van der Waals surface area contributed by atoms with Crippen LogP contribution in [-0.4, -0.2) is 47.2 Å². The number of nitrogen functional groups attached to an aromatic ring is 1. The van der Waals surface area contributed by atoms with Crippen LogP contribution in [0.1, 0.15) is 29.3 Å². The number of rotatable bonds is 10. The molecule has 0 radical (unpaired) electrons. The number of anilines is 1. The molecule has 42 heavy (non-hydrogen) atoms. The lowest BCUT2D eigenvalue weighted by atomic mass is 9.79. The highest BCUT2D eigenvalue weighted by atomic mass is 19.1. The van der Waals surface area contributed by atoms with Gasteiger partial charge < -0.3 is 29.8 Å². The van der Waals surface area contributed by atoms with Crippen LogP contribution in [0.5, 0.6) is 11.5 Å². The van der Waals surface area contributed by atoms with Crippen molar-refractivity contribution in [3.05, 3.63) is 131 Å². The molecule has 0 bridgehead atoms. The highest BCUT2D eigenvalue weighted by Gasteiger charge is 2.50. The number of aliphatic hydroxyl groups excluding tert-OH is 1. The van der Waals surface area contributed by atoms with Gasteiger partial charge in [0.1, 0.15) is 28.9 Å². The van der Waals surface area contributed by atoms with Gasteiger partial charge in [-0.15, -0.1) is 6.58 Å². The minimum atomic E-state index is -1.46. The summed E-state index contributed by atoms with van der Waals surface area (Å²) in [5, 5.41) is 11.3. The number of halogens is 1. The van der Waals surface area contributed by atoms with Crippen LogP contribution in [0.15, 0.2) is 103 Å². The van der Waals surface area contributed by atoms with Crippen molar-refractivity contribution >= 4 is 5.82 Å². The Hall–Kier alpha value is -4.51. The monoisotopic (exact) mass is 573 g/mol. The average Bonchev–Trinajstić information content (AvgIpc) is 3.36. The first kappa shape index (κ1) is 29.0. The van der Waals surface area contributed by atoms with E-state index in [0.717, 1.165) is 27.5 Å². The van der Waals surface area contributed by atoms with Crippen molar-refractivity contribution in [3.8, 4) is 11.5 Å². The minimum Gasteiger partial charge on any atom is -0.497 e. The molecule has 3 N–H and O–H groups in total. The van der Waals surface area contributed by atoms with Crippen LogP contribution in [0.2, 0.25) is 0 Å². The number of aliphatic hydroxyl groups is 1. The molecule has 1 aromatic heterocycles. The Bertz CT molecular complexity index is 1550. The van der Waals surface area contributed by atoms with E-state index in [1.165, 1.54) is 6.08 Å². The maximum atomic E-state index is 14.2. The normalized spacial score (nSPS) is 20.3. The molecule has 1 fully saturated rings. The first-order chi connectivity index (χ1) is 20.3. The highest BCUT2D eigenvalue weighted by Crippen LogP contribution is 2.45. The summed E-state index contributed by atoms with van der Waals surface area (Å²) in [4.78, 5) is 16.0. The SMILES string of the molecule is C=C[C@]1(COC(c2ccccc2)(c2ccc(OC)cc2)c2ccc(OC)cc2)O[C@@H](n2cc(F)c(N)nc2=O)C[C@@H]1O. The molecule has 4 aromatic rings. The Kier molecular flexibility index (Phi) is 8.13. The number of ether oxygens (including phenoxy) is 4. The van der Waals surface area contributed by atoms with E-state index in [1.807, 2.05) is 78.9 Å². The Morgan fingerprint density at radius 2 is 1.60 bits per heavy atom. The lowest BCUT2D eigenvalue weighted by molar-refractivity contribution is -0.135. The second kappa shape index (κ2) is 11.8. The number of hydrogen-bond donors (Lipinski definition) is 2. The van der Waals surface area contributed by atoms with Crippen LogP contribution in [0.3, 0.4) is 0 Å². The van der Waals surface area contributed by atoms with Gasteiger partial charge in [0.25, 0.3) is 0 Å². The zero-order valence-electron chi connectivity index (χ0n) is 23.3. The summed E-state index contributed by atoms with van der Waals surface area (Å²) in [6, 6.07) is 24.6. The van der Waals surface area contributed by atoms with E-state index in [4.69, 9.17) is 24.7 Å². The van der Waals surface area contributed by atoms with E-state index < -0.39 is 40.9 Å². The number of hydrogen-bond acceptors (Lipinski definition) is 8. The minimum absolute atomic E-state index is 0.0380. The van der Waals surface area contributed by atoms with Crippen molar-refractivity contribution in [2.75, 3.05) is 26.6 Å². The Balaban J connectivity index is 1.60. The predicted molar refractivity (Wildman–Crippen MR) is 155 cm³/mol. The maximum Gasteiger partial charge on any atom is 0.351 e.